The minimum Gasteiger partial charge on any atom is -0.469 e. The Hall–Kier alpha value is -1.26. The van der Waals surface area contributed by atoms with Crippen LogP contribution in [-0.4, -0.2) is 42.3 Å². The number of esters is 1. The Kier molecular flexibility index (Phi) is 2.45. The van der Waals surface area contributed by atoms with E-state index in [-0.39, 0.29) is 12.5 Å². The Morgan fingerprint density at radius 3 is 2.54 bits per heavy atom. The summed E-state index contributed by atoms with van der Waals surface area (Å²) in [5.74, 6) is -0.337. The van der Waals surface area contributed by atoms with Crippen molar-refractivity contribution < 1.29 is 19.4 Å². The molecule has 0 spiro atoms. The summed E-state index contributed by atoms with van der Waals surface area (Å²) >= 11 is 0. The van der Waals surface area contributed by atoms with Crippen molar-refractivity contribution in [3.8, 4) is 0 Å². The second kappa shape index (κ2) is 3.24. The quantitative estimate of drug-likeness (QED) is 0.609. The number of hydrogen-bond donors (Lipinski definition) is 1. The number of amides is 1. The highest BCUT2D eigenvalue weighted by molar-refractivity contribution is 5.78. The van der Waals surface area contributed by atoms with Crippen molar-refractivity contribution in [1.29, 1.82) is 0 Å². The molecule has 0 bridgehead atoms. The van der Waals surface area contributed by atoms with E-state index in [1.165, 1.54) is 12.0 Å². The van der Waals surface area contributed by atoms with Crippen LogP contribution in [0.4, 0.5) is 4.79 Å². The molecule has 1 fully saturated rings. The number of likely N-dealkylation sites (tertiary alicyclic amines) is 1. The Morgan fingerprint density at radius 2 is 2.15 bits per heavy atom. The Balaban J connectivity index is 2.66. The third kappa shape index (κ3) is 1.74. The molecule has 1 unspecified atom stereocenters. The molecular weight excluding hydrogens is 174 g/mol. The lowest BCUT2D eigenvalue weighted by atomic mass is 9.90. The van der Waals surface area contributed by atoms with E-state index in [0.29, 0.717) is 13.0 Å². The zero-order chi connectivity index (χ0) is 10.1. The van der Waals surface area contributed by atoms with Crippen LogP contribution < -0.4 is 0 Å². The fourth-order valence-corrected chi connectivity index (χ4v) is 1.54. The maximum absolute atomic E-state index is 11.3. The van der Waals surface area contributed by atoms with Crippen molar-refractivity contribution in [3.63, 3.8) is 0 Å². The van der Waals surface area contributed by atoms with Crippen LogP contribution in [0.3, 0.4) is 0 Å². The number of rotatable bonds is 1. The number of ether oxygens (including phenoxy) is 1. The van der Waals surface area contributed by atoms with E-state index in [2.05, 4.69) is 4.74 Å². The van der Waals surface area contributed by atoms with Crippen molar-refractivity contribution in [2.75, 3.05) is 20.2 Å². The lowest BCUT2D eigenvalue weighted by molar-refractivity contribution is -0.150. The van der Waals surface area contributed by atoms with Crippen LogP contribution in [0.25, 0.3) is 0 Å². The normalized spacial score (nSPS) is 27.4. The van der Waals surface area contributed by atoms with Crippen LogP contribution in [-0.2, 0) is 9.53 Å². The van der Waals surface area contributed by atoms with Crippen LogP contribution in [0.15, 0.2) is 0 Å². The number of carboxylic acid groups (broad SMARTS) is 1. The molecule has 1 saturated heterocycles. The van der Waals surface area contributed by atoms with Crippen molar-refractivity contribution in [3.05, 3.63) is 0 Å². The summed E-state index contributed by atoms with van der Waals surface area (Å²) in [6, 6.07) is 0. The highest BCUT2D eigenvalue weighted by atomic mass is 16.5. The number of nitrogens with zero attached hydrogens (tertiary/aromatic N) is 1. The van der Waals surface area contributed by atoms with Crippen molar-refractivity contribution in [1.82, 2.24) is 4.90 Å². The Labute approximate surface area is 76.3 Å². The number of carbonyl (C=O) groups is 2. The first-order chi connectivity index (χ1) is 5.99. The first kappa shape index (κ1) is 9.83. The van der Waals surface area contributed by atoms with Crippen molar-refractivity contribution >= 4 is 12.1 Å². The summed E-state index contributed by atoms with van der Waals surface area (Å²) in [5.41, 5.74) is -0.660. The average molecular weight is 187 g/mol. The van der Waals surface area contributed by atoms with Gasteiger partial charge in [-0.25, -0.2) is 4.79 Å². The van der Waals surface area contributed by atoms with Gasteiger partial charge in [0.15, 0.2) is 0 Å². The van der Waals surface area contributed by atoms with Gasteiger partial charge in [0.05, 0.1) is 12.5 Å². The van der Waals surface area contributed by atoms with E-state index in [9.17, 15) is 9.59 Å². The molecule has 1 rings (SSSR count). The summed E-state index contributed by atoms with van der Waals surface area (Å²) < 4.78 is 4.61. The number of carbonyl (C=O) groups excluding carboxylic acids is 1. The highest BCUT2D eigenvalue weighted by Crippen LogP contribution is 2.30. The molecule has 74 valence electrons. The molecule has 5 nitrogen and oxygen atoms in total. The molecule has 1 heterocycles. The fourth-order valence-electron chi connectivity index (χ4n) is 1.54. The van der Waals surface area contributed by atoms with Gasteiger partial charge in [-0.3, -0.25) is 4.79 Å². The Morgan fingerprint density at radius 1 is 1.54 bits per heavy atom. The summed E-state index contributed by atoms with van der Waals surface area (Å²) in [5, 5.41) is 8.67. The molecule has 1 aliphatic rings. The lowest BCUT2D eigenvalue weighted by Crippen LogP contribution is -2.34. The van der Waals surface area contributed by atoms with Gasteiger partial charge in [-0.15, -0.1) is 0 Å². The molecule has 1 amide bonds. The van der Waals surface area contributed by atoms with E-state index in [1.807, 2.05) is 0 Å². The number of hydrogen-bond acceptors (Lipinski definition) is 3. The summed E-state index contributed by atoms with van der Waals surface area (Å²) in [7, 11) is 1.32. The third-order valence-electron chi connectivity index (χ3n) is 2.42. The van der Waals surface area contributed by atoms with E-state index in [0.717, 1.165) is 0 Å². The van der Waals surface area contributed by atoms with Gasteiger partial charge in [-0.05, 0) is 13.3 Å². The molecule has 0 aromatic carbocycles. The molecule has 0 aromatic rings. The van der Waals surface area contributed by atoms with E-state index < -0.39 is 11.5 Å². The molecule has 1 atom stereocenters. The van der Waals surface area contributed by atoms with Gasteiger partial charge in [0.25, 0.3) is 0 Å². The molecule has 0 saturated carbocycles. The molecular formula is C8H13NO4. The molecule has 1 aliphatic heterocycles. The van der Waals surface area contributed by atoms with Crippen molar-refractivity contribution in [2.24, 2.45) is 5.41 Å². The third-order valence-corrected chi connectivity index (χ3v) is 2.42. The predicted octanol–water partition coefficient (Wildman–Crippen LogP) is 0.549. The predicted molar refractivity (Wildman–Crippen MR) is 44.3 cm³/mol. The summed E-state index contributed by atoms with van der Waals surface area (Å²) in [6.07, 6.45) is -0.445. The van der Waals surface area contributed by atoms with Crippen LogP contribution in [0, 0.1) is 5.41 Å². The van der Waals surface area contributed by atoms with Crippen LogP contribution in [0.1, 0.15) is 13.3 Å². The van der Waals surface area contributed by atoms with E-state index in [4.69, 9.17) is 5.11 Å². The minimum atomic E-state index is -0.979. The van der Waals surface area contributed by atoms with Gasteiger partial charge in [0.2, 0.25) is 0 Å². The van der Waals surface area contributed by atoms with Gasteiger partial charge in [0, 0.05) is 13.1 Å². The molecule has 0 aliphatic carbocycles. The monoisotopic (exact) mass is 187 g/mol. The van der Waals surface area contributed by atoms with Crippen molar-refractivity contribution in [2.45, 2.75) is 13.3 Å². The zero-order valence-electron chi connectivity index (χ0n) is 7.74. The van der Waals surface area contributed by atoms with Crippen LogP contribution in [0.5, 0.6) is 0 Å². The van der Waals surface area contributed by atoms with E-state index >= 15 is 0 Å². The van der Waals surface area contributed by atoms with Gasteiger partial charge >= 0.3 is 12.1 Å². The van der Waals surface area contributed by atoms with E-state index in [1.54, 1.807) is 6.92 Å². The smallest absolute Gasteiger partial charge is 0.407 e. The summed E-state index contributed by atoms with van der Waals surface area (Å²) in [4.78, 5) is 23.1. The topological polar surface area (TPSA) is 66.8 Å². The molecule has 13 heavy (non-hydrogen) atoms. The minimum absolute atomic E-state index is 0.231. The standard InChI is InChI=1S/C8H13NO4/c1-8(6(10)13-2)3-4-9(5-8)7(11)12/h3-5H2,1-2H3,(H,11,12). The molecule has 5 heteroatoms. The Bertz CT molecular complexity index is 240. The molecule has 0 aromatic heterocycles. The van der Waals surface area contributed by atoms with Gasteiger partial charge in [-0.2, -0.15) is 0 Å². The second-order valence-electron chi connectivity index (χ2n) is 3.51. The highest BCUT2D eigenvalue weighted by Gasteiger charge is 2.42. The van der Waals surface area contributed by atoms with Gasteiger partial charge < -0.3 is 14.7 Å². The first-order valence-electron chi connectivity index (χ1n) is 4.06. The maximum atomic E-state index is 11.3. The van der Waals surface area contributed by atoms with Gasteiger partial charge in [-0.1, -0.05) is 0 Å². The average Bonchev–Trinajstić information content (AvgIpc) is 2.48. The largest absolute Gasteiger partial charge is 0.469 e. The maximum Gasteiger partial charge on any atom is 0.407 e. The first-order valence-corrected chi connectivity index (χ1v) is 4.06. The van der Waals surface area contributed by atoms with Crippen LogP contribution in [0.2, 0.25) is 0 Å². The zero-order valence-corrected chi connectivity index (χ0v) is 7.74. The SMILES string of the molecule is COC(=O)C1(C)CCN(C(=O)O)C1. The molecule has 0 radical (unpaired) electrons. The number of methoxy groups -OCH3 is 1. The fraction of sp³-hybridized carbons (Fsp3) is 0.750. The van der Waals surface area contributed by atoms with Gasteiger partial charge in [0.1, 0.15) is 0 Å². The molecule has 1 N–H and O–H groups in total. The summed E-state index contributed by atoms with van der Waals surface area (Å²) in [6.45, 7) is 2.36. The van der Waals surface area contributed by atoms with Crippen LogP contribution >= 0.6 is 0 Å². The second-order valence-corrected chi connectivity index (χ2v) is 3.51. The lowest BCUT2D eigenvalue weighted by Gasteiger charge is -2.20.